The summed E-state index contributed by atoms with van der Waals surface area (Å²) in [6, 6.07) is -2.42. The SMILES string of the molecule is CSCCC(NC(=O)C(CCC(N)=O)NC(=O)C1CCCN1)C(=O)O. The highest BCUT2D eigenvalue weighted by Gasteiger charge is 2.29. The molecule has 1 rings (SSSR count). The summed E-state index contributed by atoms with van der Waals surface area (Å²) in [7, 11) is 0. The Kier molecular flexibility index (Phi) is 9.28. The second kappa shape index (κ2) is 10.9. The van der Waals surface area contributed by atoms with E-state index in [9.17, 15) is 24.3 Å². The fourth-order valence-corrected chi connectivity index (χ4v) is 2.97. The number of carboxylic acid groups (broad SMARTS) is 1. The van der Waals surface area contributed by atoms with E-state index in [0.29, 0.717) is 12.2 Å². The third-order valence-corrected chi connectivity index (χ3v) is 4.56. The molecule has 9 nitrogen and oxygen atoms in total. The van der Waals surface area contributed by atoms with E-state index in [4.69, 9.17) is 5.73 Å². The lowest BCUT2D eigenvalue weighted by Crippen LogP contribution is -2.54. The molecule has 6 N–H and O–H groups in total. The molecular weight excluding hydrogens is 348 g/mol. The normalized spacial score (nSPS) is 19.0. The van der Waals surface area contributed by atoms with Crippen LogP contribution in [0.5, 0.6) is 0 Å². The van der Waals surface area contributed by atoms with Gasteiger partial charge < -0.3 is 26.8 Å². The van der Waals surface area contributed by atoms with E-state index in [1.807, 2.05) is 6.26 Å². The zero-order valence-corrected chi connectivity index (χ0v) is 15.1. The molecule has 0 spiro atoms. The van der Waals surface area contributed by atoms with Gasteiger partial charge in [-0.05, 0) is 44.2 Å². The molecule has 0 aromatic heterocycles. The summed E-state index contributed by atoms with van der Waals surface area (Å²) in [4.78, 5) is 46.9. The van der Waals surface area contributed by atoms with Crippen molar-refractivity contribution in [2.24, 2.45) is 5.73 Å². The van der Waals surface area contributed by atoms with Gasteiger partial charge in [0.05, 0.1) is 6.04 Å². The van der Waals surface area contributed by atoms with Gasteiger partial charge in [-0.2, -0.15) is 11.8 Å². The van der Waals surface area contributed by atoms with Crippen LogP contribution in [0, 0.1) is 0 Å². The first kappa shape index (κ1) is 21.2. The number of hydrogen-bond acceptors (Lipinski definition) is 6. The van der Waals surface area contributed by atoms with E-state index in [0.717, 1.165) is 13.0 Å². The Bertz CT molecular complexity index is 496. The lowest BCUT2D eigenvalue weighted by Gasteiger charge is -2.22. The number of amides is 3. The van der Waals surface area contributed by atoms with E-state index >= 15 is 0 Å². The number of carbonyl (C=O) groups excluding carboxylic acids is 3. The van der Waals surface area contributed by atoms with E-state index in [2.05, 4.69) is 16.0 Å². The smallest absolute Gasteiger partial charge is 0.326 e. The van der Waals surface area contributed by atoms with Gasteiger partial charge in [-0.25, -0.2) is 4.79 Å². The van der Waals surface area contributed by atoms with Gasteiger partial charge in [0, 0.05) is 6.42 Å². The molecule has 0 radical (unpaired) electrons. The molecule has 0 saturated carbocycles. The number of rotatable bonds is 11. The predicted octanol–water partition coefficient (Wildman–Crippen LogP) is -1.19. The topological polar surface area (TPSA) is 151 Å². The number of carbonyl (C=O) groups is 4. The monoisotopic (exact) mass is 374 g/mol. The number of thioether (sulfide) groups is 1. The number of aliphatic carboxylic acids is 1. The Labute approximate surface area is 150 Å². The van der Waals surface area contributed by atoms with E-state index in [1.54, 1.807) is 0 Å². The fraction of sp³-hybridized carbons (Fsp3) is 0.733. The highest BCUT2D eigenvalue weighted by atomic mass is 32.2. The van der Waals surface area contributed by atoms with Crippen molar-refractivity contribution in [2.45, 2.75) is 50.2 Å². The third-order valence-electron chi connectivity index (χ3n) is 3.91. The number of hydrogen-bond donors (Lipinski definition) is 5. The average molecular weight is 374 g/mol. The first-order chi connectivity index (χ1) is 11.8. The van der Waals surface area contributed by atoms with Gasteiger partial charge in [-0.15, -0.1) is 0 Å². The predicted molar refractivity (Wildman–Crippen MR) is 93.9 cm³/mol. The van der Waals surface area contributed by atoms with Gasteiger partial charge in [0.25, 0.3) is 0 Å². The van der Waals surface area contributed by atoms with Crippen LogP contribution in [0.4, 0.5) is 0 Å². The second-order valence-corrected chi connectivity index (χ2v) is 6.88. The van der Waals surface area contributed by atoms with Crippen LogP contribution >= 0.6 is 11.8 Å². The summed E-state index contributed by atoms with van der Waals surface area (Å²) in [5.74, 6) is -2.12. The summed E-state index contributed by atoms with van der Waals surface area (Å²) in [5.41, 5.74) is 5.12. The molecule has 1 heterocycles. The zero-order chi connectivity index (χ0) is 18.8. The van der Waals surface area contributed by atoms with Crippen molar-refractivity contribution in [1.29, 1.82) is 0 Å². The van der Waals surface area contributed by atoms with E-state index in [-0.39, 0.29) is 31.2 Å². The number of nitrogens with two attached hydrogens (primary N) is 1. The minimum absolute atomic E-state index is 0.0223. The number of carboxylic acids is 1. The van der Waals surface area contributed by atoms with Crippen molar-refractivity contribution in [3.8, 4) is 0 Å². The van der Waals surface area contributed by atoms with Crippen LogP contribution < -0.4 is 21.7 Å². The molecule has 0 bridgehead atoms. The highest BCUT2D eigenvalue weighted by Crippen LogP contribution is 2.07. The number of nitrogens with one attached hydrogen (secondary N) is 3. The quantitative estimate of drug-likeness (QED) is 0.305. The Hall–Kier alpha value is -1.81. The van der Waals surface area contributed by atoms with Gasteiger partial charge in [-0.3, -0.25) is 14.4 Å². The molecule has 1 aliphatic heterocycles. The Balaban J connectivity index is 2.70. The van der Waals surface area contributed by atoms with Gasteiger partial charge in [-0.1, -0.05) is 0 Å². The maximum atomic E-state index is 12.4. The molecule has 3 unspecified atom stereocenters. The standard InChI is InChI=1S/C15H26N4O5S/c1-25-8-6-11(15(23)24)19-14(22)10(4-5-12(16)20)18-13(21)9-3-2-7-17-9/h9-11,17H,2-8H2,1H3,(H2,16,20)(H,18,21)(H,19,22)(H,23,24). The van der Waals surface area contributed by atoms with E-state index in [1.165, 1.54) is 11.8 Å². The van der Waals surface area contributed by atoms with Crippen LogP contribution in [0.25, 0.3) is 0 Å². The fourth-order valence-electron chi connectivity index (χ4n) is 2.50. The summed E-state index contributed by atoms with van der Waals surface area (Å²) < 4.78 is 0. The van der Waals surface area contributed by atoms with Crippen molar-refractivity contribution in [3.63, 3.8) is 0 Å². The molecule has 25 heavy (non-hydrogen) atoms. The van der Waals surface area contributed by atoms with E-state index < -0.39 is 29.9 Å². The zero-order valence-electron chi connectivity index (χ0n) is 14.2. The molecule has 1 fully saturated rings. The summed E-state index contributed by atoms with van der Waals surface area (Å²) in [6.07, 6.45) is 3.58. The highest BCUT2D eigenvalue weighted by molar-refractivity contribution is 7.98. The van der Waals surface area contributed by atoms with Crippen LogP contribution in [-0.4, -0.2) is 65.5 Å². The molecular formula is C15H26N4O5S. The first-order valence-corrected chi connectivity index (χ1v) is 9.58. The van der Waals surface area contributed by atoms with Gasteiger partial charge in [0.15, 0.2) is 0 Å². The van der Waals surface area contributed by atoms with Gasteiger partial charge >= 0.3 is 5.97 Å². The molecule has 0 aliphatic carbocycles. The summed E-state index contributed by atoms with van der Waals surface area (Å²) in [6.45, 7) is 0.728. The van der Waals surface area contributed by atoms with Crippen molar-refractivity contribution in [1.82, 2.24) is 16.0 Å². The van der Waals surface area contributed by atoms with Crippen LogP contribution in [0.1, 0.15) is 32.1 Å². The molecule has 1 aliphatic rings. The molecule has 0 aromatic carbocycles. The van der Waals surface area contributed by atoms with Crippen molar-refractivity contribution in [2.75, 3.05) is 18.6 Å². The van der Waals surface area contributed by atoms with Gasteiger partial charge in [0.2, 0.25) is 17.7 Å². The Morgan fingerprint density at radius 3 is 2.48 bits per heavy atom. The molecule has 1 saturated heterocycles. The van der Waals surface area contributed by atoms with Gasteiger partial charge in [0.1, 0.15) is 12.1 Å². The molecule has 3 amide bonds. The largest absolute Gasteiger partial charge is 0.480 e. The minimum Gasteiger partial charge on any atom is -0.480 e. The average Bonchev–Trinajstić information content (AvgIpc) is 3.08. The van der Waals surface area contributed by atoms with Crippen molar-refractivity contribution >= 4 is 35.5 Å². The van der Waals surface area contributed by atoms with Crippen LogP contribution in [-0.2, 0) is 19.2 Å². The number of primary amides is 1. The third kappa shape index (κ3) is 7.74. The molecule has 0 aromatic rings. The van der Waals surface area contributed by atoms with Crippen molar-refractivity contribution < 1.29 is 24.3 Å². The summed E-state index contributed by atoms with van der Waals surface area (Å²) in [5, 5.41) is 17.3. The van der Waals surface area contributed by atoms with Crippen LogP contribution in [0.3, 0.4) is 0 Å². The lowest BCUT2D eigenvalue weighted by atomic mass is 10.1. The maximum Gasteiger partial charge on any atom is 0.326 e. The second-order valence-electron chi connectivity index (χ2n) is 5.90. The maximum absolute atomic E-state index is 12.4. The molecule has 142 valence electrons. The molecule has 3 atom stereocenters. The van der Waals surface area contributed by atoms with Crippen LogP contribution in [0.15, 0.2) is 0 Å². The van der Waals surface area contributed by atoms with Crippen LogP contribution in [0.2, 0.25) is 0 Å². The lowest BCUT2D eigenvalue weighted by molar-refractivity contribution is -0.142. The van der Waals surface area contributed by atoms with Crippen molar-refractivity contribution in [3.05, 3.63) is 0 Å². The first-order valence-electron chi connectivity index (χ1n) is 8.19. The molecule has 10 heteroatoms. The Morgan fingerprint density at radius 2 is 1.96 bits per heavy atom. The minimum atomic E-state index is -1.14. The summed E-state index contributed by atoms with van der Waals surface area (Å²) >= 11 is 1.47. The Morgan fingerprint density at radius 1 is 1.24 bits per heavy atom.